The number of nitrogens with zero attached hydrogens (tertiary/aromatic N) is 2. The number of benzene rings is 1. The van der Waals surface area contributed by atoms with Crippen molar-refractivity contribution in [2.75, 3.05) is 26.2 Å². The standard InChI is InChI=1S/C32H51ClFN3O2/c1-21(38)35-32(8,9)18-23(17-30(2,3)4)22-12-14-36(15-13-22)29(39)27-20-37(31(5,6)7)19-26(27)25-11-10-24(33)16-28(25)34/h10-11,16,22-23,26-27,33H,12-15,17-20H2,1-9H3/p+1/t23?,26-,27+/m0/s1. The van der Waals surface area contributed by atoms with Crippen molar-refractivity contribution in [2.24, 2.45) is 23.2 Å². The first-order valence-corrected chi connectivity index (χ1v) is 15.1. The molecule has 3 atom stereocenters. The van der Waals surface area contributed by atoms with E-state index in [0.29, 0.717) is 35.5 Å². The van der Waals surface area contributed by atoms with E-state index in [0.717, 1.165) is 38.8 Å². The Balaban J connectivity index is 1.75. The summed E-state index contributed by atoms with van der Waals surface area (Å²) in [5.74, 6) is 0.371. The van der Waals surface area contributed by atoms with Crippen LogP contribution in [-0.2, 0) is 9.59 Å². The lowest BCUT2D eigenvalue weighted by Gasteiger charge is -2.42. The van der Waals surface area contributed by atoms with Crippen molar-refractivity contribution in [3.8, 4) is 0 Å². The van der Waals surface area contributed by atoms with Gasteiger partial charge in [-0.1, -0.05) is 26.8 Å². The van der Waals surface area contributed by atoms with E-state index in [-0.39, 0.29) is 46.0 Å². The monoisotopic (exact) mass is 564 g/mol. The van der Waals surface area contributed by atoms with Gasteiger partial charge in [0.2, 0.25) is 16.8 Å². The first kappa shape index (κ1) is 31.9. The highest BCUT2D eigenvalue weighted by atomic mass is 35.5. The number of carbonyl (C=O) groups excluding carboxylic acids is 2. The SMILES string of the molecule is CC(=O)NC(C)(C)CC(CC(C)(C)C)C1CCN(C(=O)[C@@H]2CN(C(C)(C)C)C[C@H]2c2ccc([ClH+])cc2F)CC1. The number of hydrogen-bond acceptors (Lipinski definition) is 3. The Bertz CT molecular complexity index is 1020. The van der Waals surface area contributed by atoms with Crippen LogP contribution in [-0.4, -0.2) is 58.9 Å². The van der Waals surface area contributed by atoms with Crippen LogP contribution in [0.25, 0.3) is 0 Å². The van der Waals surface area contributed by atoms with Gasteiger partial charge in [0.25, 0.3) is 0 Å². The van der Waals surface area contributed by atoms with Crippen LogP contribution in [0.2, 0.25) is 5.02 Å². The van der Waals surface area contributed by atoms with Crippen LogP contribution in [0.15, 0.2) is 18.2 Å². The van der Waals surface area contributed by atoms with Gasteiger partial charge in [-0.05, 0) is 83.1 Å². The van der Waals surface area contributed by atoms with Gasteiger partial charge in [-0.25, -0.2) is 4.39 Å². The van der Waals surface area contributed by atoms with Gasteiger partial charge in [-0.15, -0.1) is 0 Å². The maximum absolute atomic E-state index is 15.1. The minimum Gasteiger partial charge on any atom is -0.351 e. The second kappa shape index (κ2) is 12.1. The Hall–Kier alpha value is -1.66. The van der Waals surface area contributed by atoms with E-state index in [1.165, 1.54) is 6.07 Å². The predicted octanol–water partition coefficient (Wildman–Crippen LogP) is 5.93. The van der Waals surface area contributed by atoms with Crippen LogP contribution in [0.3, 0.4) is 0 Å². The molecule has 1 aromatic carbocycles. The predicted molar refractivity (Wildman–Crippen MR) is 154 cm³/mol. The highest BCUT2D eigenvalue weighted by Crippen LogP contribution is 2.41. The fourth-order valence-corrected chi connectivity index (χ4v) is 7.10. The minimum absolute atomic E-state index is 0.00382. The second-order valence-electron chi connectivity index (χ2n) is 14.9. The van der Waals surface area contributed by atoms with Crippen LogP contribution >= 0.6 is 0 Å². The second-order valence-corrected chi connectivity index (χ2v) is 15.4. The average Bonchev–Trinajstić information content (AvgIpc) is 3.22. The molecule has 1 aromatic rings. The van der Waals surface area contributed by atoms with Crippen LogP contribution in [0.5, 0.6) is 0 Å². The van der Waals surface area contributed by atoms with E-state index >= 15 is 4.39 Å². The Morgan fingerprint density at radius 3 is 2.15 bits per heavy atom. The normalized spacial score (nSPS) is 22.7. The summed E-state index contributed by atoms with van der Waals surface area (Å²) in [5, 5.41) is 3.62. The Morgan fingerprint density at radius 2 is 1.64 bits per heavy atom. The van der Waals surface area contributed by atoms with Crippen LogP contribution in [0, 0.1) is 40.6 Å². The van der Waals surface area contributed by atoms with Crippen LogP contribution < -0.4 is 5.32 Å². The minimum atomic E-state index is -0.299. The molecule has 7 heteroatoms. The van der Waals surface area contributed by atoms with Crippen molar-refractivity contribution < 1.29 is 25.6 Å². The zero-order chi connectivity index (χ0) is 29.3. The quantitative estimate of drug-likeness (QED) is 0.446. The Morgan fingerprint density at radius 1 is 1.03 bits per heavy atom. The molecule has 0 saturated carbocycles. The molecule has 5 nitrogen and oxygen atoms in total. The summed E-state index contributed by atoms with van der Waals surface area (Å²) < 4.78 is 15.1. The zero-order valence-corrected chi connectivity index (χ0v) is 26.5. The van der Waals surface area contributed by atoms with Gasteiger partial charge in [0.1, 0.15) is 5.82 Å². The highest BCUT2D eigenvalue weighted by Gasteiger charge is 2.45. The largest absolute Gasteiger partial charge is 0.351 e. The molecule has 2 fully saturated rings. The summed E-state index contributed by atoms with van der Waals surface area (Å²) in [6, 6.07) is 4.97. The molecule has 1 unspecified atom stereocenters. The number of piperidine rings is 1. The first-order chi connectivity index (χ1) is 17.9. The molecule has 3 rings (SSSR count). The van der Waals surface area contributed by atoms with Gasteiger partial charge < -0.3 is 10.2 Å². The van der Waals surface area contributed by atoms with Gasteiger partial charge in [0.05, 0.1) is 5.92 Å². The lowest BCUT2D eigenvalue weighted by Crippen LogP contribution is -2.48. The lowest BCUT2D eigenvalue weighted by molar-refractivity contribution is -0.289. The molecule has 0 radical (unpaired) electrons. The fraction of sp³-hybridized carbons (Fsp3) is 0.750. The number of rotatable bonds is 7. The van der Waals surface area contributed by atoms with Crippen molar-refractivity contribution in [1.29, 1.82) is 0 Å². The van der Waals surface area contributed by atoms with Crippen LogP contribution in [0.4, 0.5) is 4.39 Å². The molecule has 0 spiro atoms. The molecule has 2 amide bonds. The maximum atomic E-state index is 15.1. The van der Waals surface area contributed by atoms with Crippen molar-refractivity contribution in [3.63, 3.8) is 0 Å². The molecule has 2 saturated heterocycles. The average molecular weight is 565 g/mol. The molecule has 2 aliphatic heterocycles. The third-order valence-corrected chi connectivity index (χ3v) is 8.89. The summed E-state index contributed by atoms with van der Waals surface area (Å²) >= 11 is 5.17. The molecule has 2 heterocycles. The summed E-state index contributed by atoms with van der Waals surface area (Å²) in [7, 11) is 0. The first-order valence-electron chi connectivity index (χ1n) is 14.7. The van der Waals surface area contributed by atoms with Gasteiger partial charge in [0, 0.05) is 62.2 Å². The molecule has 1 N–H and O–H groups in total. The molecule has 2 aliphatic rings. The number of carbonyl (C=O) groups is 2. The fourth-order valence-electron chi connectivity index (χ4n) is 6.93. The van der Waals surface area contributed by atoms with Gasteiger partial charge >= 0.3 is 0 Å². The van der Waals surface area contributed by atoms with Crippen LogP contribution in [0.1, 0.15) is 99.5 Å². The van der Waals surface area contributed by atoms with E-state index in [4.69, 9.17) is 11.6 Å². The summed E-state index contributed by atoms with van der Waals surface area (Å²) in [4.78, 5) is 30.2. The highest BCUT2D eigenvalue weighted by molar-refractivity contribution is 5.81. The topological polar surface area (TPSA) is 52.7 Å². The Labute approximate surface area is 241 Å². The van der Waals surface area contributed by atoms with Gasteiger partial charge in [-0.2, -0.15) is 0 Å². The molecular formula is C32H52ClFN3O2+. The smallest absolute Gasteiger partial charge is 0.228 e. The van der Waals surface area contributed by atoms with Crippen molar-refractivity contribution in [3.05, 3.63) is 34.6 Å². The van der Waals surface area contributed by atoms with E-state index in [1.807, 2.05) is 4.90 Å². The number of halogens is 2. The molecule has 0 aromatic heterocycles. The van der Waals surface area contributed by atoms with Crippen molar-refractivity contribution in [1.82, 2.24) is 15.1 Å². The van der Waals surface area contributed by atoms with E-state index in [1.54, 1.807) is 19.1 Å². The van der Waals surface area contributed by atoms with Crippen molar-refractivity contribution in [2.45, 2.75) is 105 Å². The van der Waals surface area contributed by atoms with Crippen molar-refractivity contribution >= 4 is 11.8 Å². The molecule has 220 valence electrons. The van der Waals surface area contributed by atoms with E-state index < -0.39 is 0 Å². The number of likely N-dealkylation sites (tertiary alicyclic amines) is 2. The third-order valence-electron chi connectivity index (χ3n) is 8.64. The lowest BCUT2D eigenvalue weighted by atomic mass is 9.70. The summed E-state index contributed by atoms with van der Waals surface area (Å²) in [5.41, 5.74) is 0.416. The number of hydrogen-bond donors (Lipinski definition) is 1. The maximum Gasteiger partial charge on any atom is 0.228 e. The number of nitrogens with one attached hydrogen (secondary N) is 1. The molecule has 0 bridgehead atoms. The van der Waals surface area contributed by atoms with E-state index in [2.05, 4.69) is 65.6 Å². The Kier molecular flexibility index (Phi) is 9.85. The summed E-state index contributed by atoms with van der Waals surface area (Å²) in [6.07, 6.45) is 3.92. The molecule has 39 heavy (non-hydrogen) atoms. The zero-order valence-electron chi connectivity index (χ0n) is 25.7. The molecule has 0 aliphatic carbocycles. The van der Waals surface area contributed by atoms with Gasteiger partial charge in [0.15, 0.2) is 11.6 Å². The van der Waals surface area contributed by atoms with Gasteiger partial charge in [-0.3, -0.25) is 14.5 Å². The third kappa shape index (κ3) is 8.66. The molecular weight excluding hydrogens is 513 g/mol. The number of amides is 2. The summed E-state index contributed by atoms with van der Waals surface area (Å²) in [6.45, 7) is 21.9. The van der Waals surface area contributed by atoms with E-state index in [9.17, 15) is 9.59 Å².